The summed E-state index contributed by atoms with van der Waals surface area (Å²) >= 11 is 0. The maximum absolute atomic E-state index is 12.7. The number of hydrogen-bond donors (Lipinski definition) is 6. The Kier molecular flexibility index (Phi) is 26.9. The van der Waals surface area contributed by atoms with Crippen LogP contribution < -0.4 is 0 Å². The second-order valence-corrected chi connectivity index (χ2v) is 14.5. The summed E-state index contributed by atoms with van der Waals surface area (Å²) in [5.74, 6) is -1.15. The van der Waals surface area contributed by atoms with Gasteiger partial charge in [0.25, 0.3) is 0 Å². The molecule has 0 amide bonds. The van der Waals surface area contributed by atoms with Crippen molar-refractivity contribution in [1.82, 2.24) is 0 Å². The van der Waals surface area contributed by atoms with Crippen LogP contribution in [0.25, 0.3) is 0 Å². The zero-order chi connectivity index (χ0) is 38.6. The van der Waals surface area contributed by atoms with E-state index >= 15 is 0 Å². The fourth-order valence-corrected chi connectivity index (χ4v) is 6.30. The summed E-state index contributed by atoms with van der Waals surface area (Å²) in [7, 11) is -5.12. The van der Waals surface area contributed by atoms with Crippen molar-refractivity contribution in [3.63, 3.8) is 0 Å². The van der Waals surface area contributed by atoms with Gasteiger partial charge in [0.15, 0.2) is 6.10 Å². The average molecular weight is 761 g/mol. The number of unbranched alkanes of at least 4 members (excludes halogenated alkanes) is 11. The van der Waals surface area contributed by atoms with Crippen LogP contribution in [-0.2, 0) is 32.7 Å². The Morgan fingerprint density at radius 2 is 1.12 bits per heavy atom. The van der Waals surface area contributed by atoms with Crippen molar-refractivity contribution >= 4 is 19.8 Å². The fraction of sp³-hybridized carbons (Fsp3) is 0.737. The van der Waals surface area contributed by atoms with Gasteiger partial charge in [-0.05, 0) is 51.4 Å². The van der Waals surface area contributed by atoms with Crippen LogP contribution in [0.2, 0.25) is 0 Å². The van der Waals surface area contributed by atoms with Crippen LogP contribution in [0.4, 0.5) is 0 Å². The largest absolute Gasteiger partial charge is 0.472 e. The lowest BCUT2D eigenvalue weighted by Gasteiger charge is -2.41. The van der Waals surface area contributed by atoms with E-state index in [2.05, 4.69) is 38.2 Å². The van der Waals surface area contributed by atoms with E-state index in [0.29, 0.717) is 12.8 Å². The van der Waals surface area contributed by atoms with Crippen molar-refractivity contribution < 1.29 is 63.1 Å². The zero-order valence-electron chi connectivity index (χ0n) is 31.1. The third-order valence-electron chi connectivity index (χ3n) is 8.47. The van der Waals surface area contributed by atoms with Crippen LogP contribution >= 0.6 is 7.82 Å². The van der Waals surface area contributed by atoms with Crippen LogP contribution in [0.15, 0.2) is 48.6 Å². The van der Waals surface area contributed by atoms with Gasteiger partial charge in [0.1, 0.15) is 43.2 Å². The summed E-state index contributed by atoms with van der Waals surface area (Å²) in [4.78, 5) is 35.4. The molecule has 0 saturated heterocycles. The van der Waals surface area contributed by atoms with Crippen LogP contribution in [0.1, 0.15) is 123 Å². The summed E-state index contributed by atoms with van der Waals surface area (Å²) in [5.41, 5.74) is 0. The molecule has 1 aliphatic rings. The first-order valence-electron chi connectivity index (χ1n) is 19.0. The monoisotopic (exact) mass is 760 g/mol. The van der Waals surface area contributed by atoms with E-state index < -0.39 is 75.7 Å². The molecule has 8 atom stereocenters. The second-order valence-electron chi connectivity index (χ2n) is 13.1. The van der Waals surface area contributed by atoms with E-state index in [0.717, 1.165) is 70.6 Å². The molecule has 0 aromatic rings. The molecule has 1 saturated carbocycles. The molecule has 0 aromatic heterocycles. The van der Waals surface area contributed by atoms with Gasteiger partial charge in [-0.1, -0.05) is 107 Å². The Labute approximate surface area is 310 Å². The second kappa shape index (κ2) is 29.2. The number of phosphoric acid groups is 1. The molecule has 0 aromatic carbocycles. The fourth-order valence-electron chi connectivity index (χ4n) is 5.32. The Morgan fingerprint density at radius 1 is 0.615 bits per heavy atom. The Balaban J connectivity index is 2.58. The summed E-state index contributed by atoms with van der Waals surface area (Å²) in [6, 6.07) is 0. The van der Waals surface area contributed by atoms with E-state index in [1.54, 1.807) is 0 Å². The highest BCUT2D eigenvalue weighted by Gasteiger charge is 2.51. The van der Waals surface area contributed by atoms with Gasteiger partial charge in [0.05, 0.1) is 6.61 Å². The molecule has 13 nitrogen and oxygen atoms in total. The number of phosphoric ester groups is 1. The smallest absolute Gasteiger partial charge is 0.462 e. The lowest BCUT2D eigenvalue weighted by molar-refractivity contribution is -0.220. The number of carbonyl (C=O) groups excluding carboxylic acids is 2. The van der Waals surface area contributed by atoms with Gasteiger partial charge < -0.3 is 39.9 Å². The zero-order valence-corrected chi connectivity index (χ0v) is 32.0. The van der Waals surface area contributed by atoms with Gasteiger partial charge in [-0.15, -0.1) is 0 Å². The molecule has 1 fully saturated rings. The molecule has 0 radical (unpaired) electrons. The lowest BCUT2D eigenvalue weighted by atomic mass is 9.85. The maximum atomic E-state index is 12.7. The van der Waals surface area contributed by atoms with Gasteiger partial charge >= 0.3 is 19.8 Å². The molecule has 300 valence electrons. The molecule has 0 spiro atoms. The Morgan fingerprint density at radius 3 is 1.71 bits per heavy atom. The van der Waals surface area contributed by atoms with Gasteiger partial charge in [-0.2, -0.15) is 0 Å². The van der Waals surface area contributed by atoms with Gasteiger partial charge in [-0.3, -0.25) is 18.6 Å². The molecule has 0 aliphatic heterocycles. The number of esters is 2. The van der Waals surface area contributed by atoms with Crippen molar-refractivity contribution in [2.75, 3.05) is 13.2 Å². The van der Waals surface area contributed by atoms with Crippen molar-refractivity contribution in [3.8, 4) is 0 Å². The van der Waals surface area contributed by atoms with Crippen molar-refractivity contribution in [1.29, 1.82) is 0 Å². The molecule has 7 unspecified atom stereocenters. The molecule has 6 N–H and O–H groups in total. The lowest BCUT2D eigenvalue weighted by Crippen LogP contribution is -2.64. The number of aliphatic hydroxyl groups is 5. The van der Waals surface area contributed by atoms with E-state index in [1.165, 1.54) is 12.8 Å². The number of carbonyl (C=O) groups is 2. The van der Waals surface area contributed by atoms with Crippen LogP contribution in [-0.4, -0.2) is 98.3 Å². The van der Waals surface area contributed by atoms with Crippen molar-refractivity contribution in [3.05, 3.63) is 48.6 Å². The van der Waals surface area contributed by atoms with Crippen LogP contribution in [0, 0.1) is 0 Å². The summed E-state index contributed by atoms with van der Waals surface area (Å²) in [6.07, 6.45) is 17.7. The average Bonchev–Trinajstić information content (AvgIpc) is 3.12. The van der Waals surface area contributed by atoms with Crippen LogP contribution in [0.5, 0.6) is 0 Å². The standard InChI is InChI=1S/C38H65O13P/c1-3-5-7-9-11-13-15-16-17-19-21-23-25-27-32(40)50-30(28-48-31(39)26-24-22-20-18-14-12-10-8-6-4-2)29-49-52(46,47)51-38-36(44)34(42)33(41)35(43)37(38)45/h5,7,9-13,15,30,33-38,41-45H,3-4,6,8,14,16-29H2,1-2H3,(H,46,47)/b7-5+,11-9+,12-10+,15-13+/t30?,33?,34-,35?,36?,37?,38?/m1/s1. The van der Waals surface area contributed by atoms with E-state index in [9.17, 15) is 44.6 Å². The quantitative estimate of drug-likeness (QED) is 0.0179. The molecule has 1 rings (SSSR count). The van der Waals surface area contributed by atoms with Crippen molar-refractivity contribution in [2.24, 2.45) is 0 Å². The minimum absolute atomic E-state index is 0.0695. The molecular weight excluding hydrogens is 695 g/mol. The van der Waals surface area contributed by atoms with E-state index in [-0.39, 0.29) is 12.8 Å². The van der Waals surface area contributed by atoms with Crippen LogP contribution in [0.3, 0.4) is 0 Å². The van der Waals surface area contributed by atoms with E-state index in [1.807, 2.05) is 24.3 Å². The number of rotatable bonds is 29. The SMILES string of the molecule is CC/C=C/C=C/C=C/CCCCCCCC(=O)OC(COC(=O)CCCCCC/C=C/CCCC)COP(=O)(O)OC1C(O)C(O)C(O)[C@@H](O)C1O. The third-order valence-corrected chi connectivity index (χ3v) is 9.45. The highest BCUT2D eigenvalue weighted by molar-refractivity contribution is 7.47. The number of ether oxygens (including phenoxy) is 2. The molecule has 0 bridgehead atoms. The molecule has 0 heterocycles. The van der Waals surface area contributed by atoms with Crippen molar-refractivity contribution in [2.45, 2.75) is 166 Å². The predicted molar refractivity (Wildman–Crippen MR) is 198 cm³/mol. The summed E-state index contributed by atoms with van der Waals surface area (Å²) in [6.45, 7) is 3.04. The van der Waals surface area contributed by atoms with E-state index in [4.69, 9.17) is 18.5 Å². The first-order valence-corrected chi connectivity index (χ1v) is 20.5. The normalized spacial score (nSPS) is 24.2. The first-order chi connectivity index (χ1) is 24.9. The number of allylic oxidation sites excluding steroid dienone is 8. The number of aliphatic hydroxyl groups excluding tert-OH is 5. The third kappa shape index (κ3) is 22.1. The summed E-state index contributed by atoms with van der Waals surface area (Å²) in [5, 5.41) is 49.9. The molecular formula is C38H65O13P. The molecule has 1 aliphatic carbocycles. The minimum atomic E-state index is -5.12. The Hall–Kier alpha value is -2.19. The minimum Gasteiger partial charge on any atom is -0.462 e. The highest BCUT2D eigenvalue weighted by Crippen LogP contribution is 2.47. The van der Waals surface area contributed by atoms with Gasteiger partial charge in [-0.25, -0.2) is 4.57 Å². The first kappa shape index (κ1) is 47.8. The summed E-state index contributed by atoms with van der Waals surface area (Å²) < 4.78 is 33.2. The highest BCUT2D eigenvalue weighted by atomic mass is 31.2. The molecule has 52 heavy (non-hydrogen) atoms. The van der Waals surface area contributed by atoms with Gasteiger partial charge in [0, 0.05) is 12.8 Å². The topological polar surface area (TPSA) is 210 Å². The number of hydrogen-bond acceptors (Lipinski definition) is 12. The Bertz CT molecular complexity index is 1110. The molecule has 14 heteroatoms. The van der Waals surface area contributed by atoms with Gasteiger partial charge in [0.2, 0.25) is 0 Å². The predicted octanol–water partition coefficient (Wildman–Crippen LogP) is 5.66. The maximum Gasteiger partial charge on any atom is 0.472 e.